The molecule has 1 amide bonds. The number of methoxy groups -OCH3 is 1. The van der Waals surface area contributed by atoms with Gasteiger partial charge in [-0.3, -0.25) is 4.79 Å². The number of nitrogens with zero attached hydrogens (tertiary/aromatic N) is 4. The standard InChI is InChI=1S/C23H21N5O3/c1-16(28-26-22(25-27-28)17-7-6-10-21(15-17)30-2)23(29)24-18-11-13-20(14-12-18)31-19-8-4-3-5-9-19/h3-16H,1-2H3,(H,24,29). The van der Waals surface area contributed by atoms with Gasteiger partial charge in [0.25, 0.3) is 5.91 Å². The minimum atomic E-state index is -0.646. The molecule has 0 bridgehead atoms. The minimum absolute atomic E-state index is 0.258. The van der Waals surface area contributed by atoms with Crippen molar-refractivity contribution in [3.63, 3.8) is 0 Å². The lowest BCUT2D eigenvalue weighted by Gasteiger charge is -2.11. The Balaban J connectivity index is 1.40. The maximum absolute atomic E-state index is 12.6. The highest BCUT2D eigenvalue weighted by Crippen LogP contribution is 2.23. The van der Waals surface area contributed by atoms with Gasteiger partial charge in [-0.25, -0.2) is 0 Å². The van der Waals surface area contributed by atoms with E-state index in [0.717, 1.165) is 11.3 Å². The normalized spacial score (nSPS) is 11.5. The van der Waals surface area contributed by atoms with Crippen molar-refractivity contribution in [2.75, 3.05) is 12.4 Å². The third-order valence-electron chi connectivity index (χ3n) is 4.58. The molecule has 31 heavy (non-hydrogen) atoms. The van der Waals surface area contributed by atoms with Gasteiger partial charge in [0.15, 0.2) is 0 Å². The number of tetrazole rings is 1. The molecule has 4 aromatic rings. The van der Waals surface area contributed by atoms with E-state index in [4.69, 9.17) is 9.47 Å². The molecule has 1 N–H and O–H groups in total. The van der Waals surface area contributed by atoms with Crippen LogP contribution in [0.25, 0.3) is 11.4 Å². The van der Waals surface area contributed by atoms with Gasteiger partial charge in [-0.05, 0) is 60.7 Å². The van der Waals surface area contributed by atoms with Crippen molar-refractivity contribution >= 4 is 11.6 Å². The fourth-order valence-electron chi connectivity index (χ4n) is 2.85. The number of ether oxygens (including phenoxy) is 2. The maximum Gasteiger partial charge on any atom is 0.250 e. The third kappa shape index (κ3) is 4.87. The van der Waals surface area contributed by atoms with E-state index >= 15 is 0 Å². The summed E-state index contributed by atoms with van der Waals surface area (Å²) < 4.78 is 11.0. The summed E-state index contributed by atoms with van der Waals surface area (Å²) in [5.41, 5.74) is 1.40. The number of hydrogen-bond donors (Lipinski definition) is 1. The number of para-hydroxylation sites is 1. The number of amides is 1. The highest BCUT2D eigenvalue weighted by atomic mass is 16.5. The van der Waals surface area contributed by atoms with Gasteiger partial charge >= 0.3 is 0 Å². The predicted octanol–water partition coefficient (Wildman–Crippen LogP) is 4.34. The third-order valence-corrected chi connectivity index (χ3v) is 4.58. The number of nitrogens with one attached hydrogen (secondary N) is 1. The first-order valence-electron chi connectivity index (χ1n) is 9.70. The largest absolute Gasteiger partial charge is 0.497 e. The summed E-state index contributed by atoms with van der Waals surface area (Å²) in [7, 11) is 1.59. The molecule has 156 valence electrons. The molecule has 0 saturated heterocycles. The molecule has 0 aliphatic carbocycles. The van der Waals surface area contributed by atoms with Gasteiger partial charge in [0, 0.05) is 11.3 Å². The van der Waals surface area contributed by atoms with Crippen LogP contribution >= 0.6 is 0 Å². The van der Waals surface area contributed by atoms with E-state index in [0.29, 0.717) is 23.0 Å². The fraction of sp³-hybridized carbons (Fsp3) is 0.130. The molecule has 1 aromatic heterocycles. The van der Waals surface area contributed by atoms with Gasteiger partial charge in [0.05, 0.1) is 7.11 Å². The predicted molar refractivity (Wildman–Crippen MR) is 116 cm³/mol. The zero-order chi connectivity index (χ0) is 21.6. The zero-order valence-electron chi connectivity index (χ0n) is 17.1. The van der Waals surface area contributed by atoms with Crippen LogP contribution in [0.4, 0.5) is 5.69 Å². The highest BCUT2D eigenvalue weighted by Gasteiger charge is 2.19. The first-order valence-corrected chi connectivity index (χ1v) is 9.70. The number of anilines is 1. The molecular weight excluding hydrogens is 394 g/mol. The topological polar surface area (TPSA) is 91.2 Å². The number of benzene rings is 3. The van der Waals surface area contributed by atoms with Crippen molar-refractivity contribution in [2.24, 2.45) is 0 Å². The van der Waals surface area contributed by atoms with Crippen LogP contribution in [0.3, 0.4) is 0 Å². The van der Waals surface area contributed by atoms with E-state index in [1.54, 1.807) is 38.3 Å². The highest BCUT2D eigenvalue weighted by molar-refractivity contribution is 5.93. The van der Waals surface area contributed by atoms with Crippen molar-refractivity contribution in [3.05, 3.63) is 78.9 Å². The molecule has 0 aliphatic heterocycles. The van der Waals surface area contributed by atoms with Gasteiger partial charge in [-0.2, -0.15) is 4.80 Å². The van der Waals surface area contributed by atoms with Crippen LogP contribution in [0.1, 0.15) is 13.0 Å². The van der Waals surface area contributed by atoms with E-state index in [1.807, 2.05) is 54.6 Å². The Kier molecular flexibility index (Phi) is 5.89. The van der Waals surface area contributed by atoms with Gasteiger partial charge < -0.3 is 14.8 Å². The molecule has 0 saturated carbocycles. The molecule has 0 radical (unpaired) electrons. The number of carbonyl (C=O) groups is 1. The fourth-order valence-corrected chi connectivity index (χ4v) is 2.85. The average Bonchev–Trinajstić information content (AvgIpc) is 3.31. The number of aromatic nitrogens is 4. The first-order chi connectivity index (χ1) is 15.1. The summed E-state index contributed by atoms with van der Waals surface area (Å²) in [6.07, 6.45) is 0. The number of carbonyl (C=O) groups excluding carboxylic acids is 1. The summed E-state index contributed by atoms with van der Waals surface area (Å²) in [6.45, 7) is 1.71. The maximum atomic E-state index is 12.6. The average molecular weight is 415 g/mol. The summed E-state index contributed by atoms with van der Waals surface area (Å²) in [5, 5.41) is 15.3. The van der Waals surface area contributed by atoms with Crippen molar-refractivity contribution in [3.8, 4) is 28.6 Å². The van der Waals surface area contributed by atoms with E-state index in [-0.39, 0.29) is 5.91 Å². The second kappa shape index (κ2) is 9.08. The molecule has 3 aromatic carbocycles. The van der Waals surface area contributed by atoms with Crippen LogP contribution < -0.4 is 14.8 Å². The smallest absolute Gasteiger partial charge is 0.250 e. The Bertz CT molecular complexity index is 1160. The van der Waals surface area contributed by atoms with Gasteiger partial charge in [-0.1, -0.05) is 30.3 Å². The van der Waals surface area contributed by atoms with Crippen LogP contribution in [0.2, 0.25) is 0 Å². The van der Waals surface area contributed by atoms with Gasteiger partial charge in [0.1, 0.15) is 23.3 Å². The molecule has 0 aliphatic rings. The Hall–Kier alpha value is -4.20. The minimum Gasteiger partial charge on any atom is -0.497 e. The van der Waals surface area contributed by atoms with Crippen LogP contribution in [0.15, 0.2) is 78.9 Å². The van der Waals surface area contributed by atoms with E-state index in [2.05, 4.69) is 20.7 Å². The van der Waals surface area contributed by atoms with Crippen LogP contribution in [-0.2, 0) is 4.79 Å². The monoisotopic (exact) mass is 415 g/mol. The quantitative estimate of drug-likeness (QED) is 0.483. The molecule has 8 nitrogen and oxygen atoms in total. The molecule has 8 heteroatoms. The van der Waals surface area contributed by atoms with Crippen molar-refractivity contribution in [1.82, 2.24) is 20.2 Å². The molecule has 1 heterocycles. The van der Waals surface area contributed by atoms with Crippen molar-refractivity contribution in [2.45, 2.75) is 13.0 Å². The molecule has 0 fully saturated rings. The second-order valence-electron chi connectivity index (χ2n) is 6.77. The summed E-state index contributed by atoms with van der Waals surface area (Å²) in [4.78, 5) is 13.9. The zero-order valence-corrected chi connectivity index (χ0v) is 17.1. The molecule has 4 rings (SSSR count). The lowest BCUT2D eigenvalue weighted by molar-refractivity contribution is -0.119. The lowest BCUT2D eigenvalue weighted by Crippen LogP contribution is -2.25. The summed E-state index contributed by atoms with van der Waals surface area (Å²) >= 11 is 0. The van der Waals surface area contributed by atoms with E-state index in [9.17, 15) is 4.79 Å². The Labute approximate surface area is 179 Å². The number of hydrogen-bond acceptors (Lipinski definition) is 6. The molecule has 0 spiro atoms. The summed E-state index contributed by atoms with van der Waals surface area (Å²) in [6, 6.07) is 23.3. The van der Waals surface area contributed by atoms with E-state index < -0.39 is 6.04 Å². The van der Waals surface area contributed by atoms with Crippen molar-refractivity contribution in [1.29, 1.82) is 0 Å². The first kappa shape index (κ1) is 20.1. The van der Waals surface area contributed by atoms with Gasteiger partial charge in [0.2, 0.25) is 5.82 Å². The van der Waals surface area contributed by atoms with Crippen LogP contribution in [0, 0.1) is 0 Å². The molecular formula is C23H21N5O3. The van der Waals surface area contributed by atoms with Gasteiger partial charge in [-0.15, -0.1) is 10.2 Å². The molecule has 1 unspecified atom stereocenters. The number of rotatable bonds is 7. The van der Waals surface area contributed by atoms with E-state index in [1.165, 1.54) is 4.80 Å². The van der Waals surface area contributed by atoms with Crippen LogP contribution in [-0.4, -0.2) is 33.2 Å². The summed E-state index contributed by atoms with van der Waals surface area (Å²) in [5.74, 6) is 2.28. The SMILES string of the molecule is COc1cccc(-c2nnn(C(C)C(=O)Nc3ccc(Oc4ccccc4)cc3)n2)c1. The van der Waals surface area contributed by atoms with Crippen molar-refractivity contribution < 1.29 is 14.3 Å². The Morgan fingerprint density at radius 3 is 2.39 bits per heavy atom. The van der Waals surface area contributed by atoms with Crippen LogP contribution in [0.5, 0.6) is 17.2 Å². The Morgan fingerprint density at radius 2 is 1.65 bits per heavy atom. The second-order valence-corrected chi connectivity index (χ2v) is 6.77. The molecule has 1 atom stereocenters. The lowest BCUT2D eigenvalue weighted by atomic mass is 10.2. The Morgan fingerprint density at radius 1 is 0.935 bits per heavy atom.